The van der Waals surface area contributed by atoms with E-state index in [0.717, 1.165) is 9.56 Å². The topological polar surface area (TPSA) is 104 Å². The van der Waals surface area contributed by atoms with Gasteiger partial charge >= 0.3 is 5.69 Å². The van der Waals surface area contributed by atoms with Gasteiger partial charge in [-0.2, -0.15) is 5.10 Å². The van der Waals surface area contributed by atoms with Gasteiger partial charge in [0, 0.05) is 17.5 Å². The number of halogens is 3. The second-order valence-corrected chi connectivity index (χ2v) is 7.80. The molecule has 31 heavy (non-hydrogen) atoms. The molecule has 0 saturated heterocycles. The number of hydrogen-bond acceptors (Lipinski definition) is 6. The maximum absolute atomic E-state index is 13.5. The zero-order valence-electron chi connectivity index (χ0n) is 16.0. The van der Waals surface area contributed by atoms with Crippen LogP contribution in [0.4, 0.5) is 14.5 Å². The molecule has 0 aliphatic carbocycles. The summed E-state index contributed by atoms with van der Waals surface area (Å²) < 4.78 is 34.4. The molecule has 1 unspecified atom stereocenters. The lowest BCUT2D eigenvalue weighted by molar-refractivity contribution is -0.123. The Hall–Kier alpha value is -3.02. The van der Waals surface area contributed by atoms with E-state index in [4.69, 9.17) is 10.5 Å². The minimum atomic E-state index is -0.917. The minimum absolute atomic E-state index is 0. The standard InChI is InChI=1S/C19H17F2N5O3S.ClH/c20-6-11(7-22)8-26-19(28)25(10-23-26)9-13-2-4-16(30-13)17-18(27)24-14-3-1-12(21)5-15(14)29-17;/h1-6,10,17H,7-9,22H2,(H,24,27);1H/b11-6+;. The Balaban J connectivity index is 0.00000272. The molecule has 1 aliphatic rings. The Morgan fingerprint density at radius 3 is 2.87 bits per heavy atom. The highest BCUT2D eigenvalue weighted by molar-refractivity contribution is 7.12. The van der Waals surface area contributed by atoms with Crippen molar-refractivity contribution in [1.82, 2.24) is 14.3 Å². The third kappa shape index (κ3) is 4.68. The quantitative estimate of drug-likeness (QED) is 0.577. The number of ether oxygens (including phenoxy) is 1. The molecule has 0 fully saturated rings. The Bertz CT molecular complexity index is 1190. The van der Waals surface area contributed by atoms with E-state index in [-0.39, 0.29) is 49.3 Å². The number of carbonyl (C=O) groups excluding carboxylic acids is 1. The summed E-state index contributed by atoms with van der Waals surface area (Å²) in [7, 11) is 0. The lowest BCUT2D eigenvalue weighted by Gasteiger charge is -2.25. The average molecular weight is 470 g/mol. The van der Waals surface area contributed by atoms with E-state index in [9.17, 15) is 18.4 Å². The summed E-state index contributed by atoms with van der Waals surface area (Å²) in [5, 5.41) is 6.67. The van der Waals surface area contributed by atoms with Crippen molar-refractivity contribution in [2.24, 2.45) is 5.73 Å². The molecule has 0 saturated carbocycles. The van der Waals surface area contributed by atoms with Crippen molar-refractivity contribution in [3.63, 3.8) is 0 Å². The molecular formula is C19H18ClF2N5O3S. The molecule has 12 heteroatoms. The summed E-state index contributed by atoms with van der Waals surface area (Å²) in [6.07, 6.45) is 0.812. The number of hydrogen-bond donors (Lipinski definition) is 2. The van der Waals surface area contributed by atoms with Crippen LogP contribution in [0.25, 0.3) is 0 Å². The van der Waals surface area contributed by atoms with Gasteiger partial charge in [0.05, 0.1) is 30.0 Å². The third-order valence-corrected chi connectivity index (χ3v) is 5.63. The monoisotopic (exact) mass is 469 g/mol. The van der Waals surface area contributed by atoms with Gasteiger partial charge in [0.25, 0.3) is 5.91 Å². The van der Waals surface area contributed by atoms with Crippen LogP contribution < -0.4 is 21.5 Å². The number of amides is 1. The first-order valence-electron chi connectivity index (χ1n) is 8.94. The predicted octanol–water partition coefficient (Wildman–Crippen LogP) is 2.60. The molecule has 1 amide bonds. The summed E-state index contributed by atoms with van der Waals surface area (Å²) in [5.74, 6) is -0.573. The van der Waals surface area contributed by atoms with Crippen molar-refractivity contribution in [2.75, 3.05) is 11.9 Å². The van der Waals surface area contributed by atoms with Crippen LogP contribution in [0.15, 0.2) is 53.4 Å². The smallest absolute Gasteiger partial charge is 0.346 e. The van der Waals surface area contributed by atoms with Crippen LogP contribution in [0, 0.1) is 5.82 Å². The molecular weight excluding hydrogens is 452 g/mol. The van der Waals surface area contributed by atoms with Crippen LogP contribution in [0.5, 0.6) is 5.75 Å². The highest BCUT2D eigenvalue weighted by Crippen LogP contribution is 2.37. The van der Waals surface area contributed by atoms with Crippen molar-refractivity contribution in [3.05, 3.63) is 74.6 Å². The van der Waals surface area contributed by atoms with E-state index in [1.165, 1.54) is 40.4 Å². The summed E-state index contributed by atoms with van der Waals surface area (Å²) in [6.45, 7) is 0.182. The molecule has 1 aliphatic heterocycles. The van der Waals surface area contributed by atoms with Crippen molar-refractivity contribution >= 4 is 35.3 Å². The van der Waals surface area contributed by atoms with Gasteiger partial charge < -0.3 is 15.8 Å². The lowest BCUT2D eigenvalue weighted by Crippen LogP contribution is -2.29. The molecule has 8 nitrogen and oxygen atoms in total. The molecule has 3 N–H and O–H groups in total. The minimum Gasteiger partial charge on any atom is -0.473 e. The van der Waals surface area contributed by atoms with Crippen LogP contribution in [-0.2, 0) is 17.9 Å². The molecule has 3 heterocycles. The molecule has 4 rings (SSSR count). The first-order valence-corrected chi connectivity index (χ1v) is 9.76. The van der Waals surface area contributed by atoms with E-state index in [2.05, 4.69) is 10.4 Å². The average Bonchev–Trinajstić information content (AvgIpc) is 3.33. The van der Waals surface area contributed by atoms with Gasteiger partial charge in [-0.05, 0) is 29.8 Å². The highest BCUT2D eigenvalue weighted by atomic mass is 35.5. The van der Waals surface area contributed by atoms with Gasteiger partial charge in [-0.1, -0.05) is 0 Å². The van der Waals surface area contributed by atoms with E-state index < -0.39 is 17.6 Å². The molecule has 164 valence electrons. The number of anilines is 1. The zero-order chi connectivity index (χ0) is 21.3. The number of nitrogens with zero attached hydrogens (tertiary/aromatic N) is 3. The van der Waals surface area contributed by atoms with Crippen molar-refractivity contribution in [1.29, 1.82) is 0 Å². The van der Waals surface area contributed by atoms with Gasteiger partial charge in [0.15, 0.2) is 0 Å². The van der Waals surface area contributed by atoms with Crippen LogP contribution in [0.1, 0.15) is 15.9 Å². The van der Waals surface area contributed by atoms with Gasteiger partial charge in [0.2, 0.25) is 6.10 Å². The van der Waals surface area contributed by atoms with Crippen LogP contribution in [0.2, 0.25) is 0 Å². The second-order valence-electron chi connectivity index (χ2n) is 6.60. The number of fused-ring (bicyclic) bond motifs is 1. The van der Waals surface area contributed by atoms with E-state index >= 15 is 0 Å². The van der Waals surface area contributed by atoms with Crippen molar-refractivity contribution in [3.8, 4) is 5.75 Å². The zero-order valence-corrected chi connectivity index (χ0v) is 17.6. The number of nitrogens with two attached hydrogens (primary N) is 1. The molecule has 2 aromatic heterocycles. The second kappa shape index (κ2) is 9.41. The van der Waals surface area contributed by atoms with Crippen LogP contribution in [0.3, 0.4) is 0 Å². The van der Waals surface area contributed by atoms with Crippen LogP contribution in [-0.4, -0.2) is 26.8 Å². The first kappa shape index (κ1) is 22.7. The summed E-state index contributed by atoms with van der Waals surface area (Å²) in [6, 6.07) is 7.39. The van der Waals surface area contributed by atoms with Crippen molar-refractivity contribution in [2.45, 2.75) is 19.2 Å². The SMILES string of the molecule is Cl.NC/C(=C\F)Cn1ncn(Cc2ccc(C3Oc4cc(F)ccc4NC3=O)s2)c1=O. The fraction of sp³-hybridized carbons (Fsp3) is 0.211. The van der Waals surface area contributed by atoms with Gasteiger partial charge in [-0.3, -0.25) is 9.36 Å². The fourth-order valence-corrected chi connectivity index (χ4v) is 4.02. The predicted molar refractivity (Wildman–Crippen MR) is 114 cm³/mol. The Morgan fingerprint density at radius 2 is 2.13 bits per heavy atom. The maximum Gasteiger partial charge on any atom is 0.346 e. The first-order chi connectivity index (χ1) is 14.5. The van der Waals surface area contributed by atoms with Crippen LogP contribution >= 0.6 is 23.7 Å². The summed E-state index contributed by atoms with van der Waals surface area (Å²) >= 11 is 1.29. The molecule has 0 radical (unpaired) electrons. The number of carbonyl (C=O) groups is 1. The summed E-state index contributed by atoms with van der Waals surface area (Å²) in [5.41, 5.74) is 5.66. The van der Waals surface area contributed by atoms with Gasteiger partial charge in [-0.15, -0.1) is 23.7 Å². The lowest BCUT2D eigenvalue weighted by atomic mass is 10.2. The van der Waals surface area contributed by atoms with Gasteiger partial charge in [-0.25, -0.2) is 18.3 Å². The van der Waals surface area contributed by atoms with E-state index in [1.807, 2.05) is 0 Å². The van der Waals surface area contributed by atoms with Crippen molar-refractivity contribution < 1.29 is 18.3 Å². The molecule has 0 spiro atoms. The molecule has 1 aromatic carbocycles. The fourth-order valence-electron chi connectivity index (χ4n) is 2.98. The number of nitrogens with one attached hydrogen (secondary N) is 1. The Morgan fingerprint density at radius 1 is 1.32 bits per heavy atom. The molecule has 0 bridgehead atoms. The van der Waals surface area contributed by atoms with Gasteiger partial charge in [0.1, 0.15) is 17.9 Å². The highest BCUT2D eigenvalue weighted by Gasteiger charge is 2.30. The van der Waals surface area contributed by atoms with E-state index in [0.29, 0.717) is 16.9 Å². The Labute approximate surface area is 185 Å². The van der Waals surface area contributed by atoms with E-state index in [1.54, 1.807) is 12.1 Å². The number of rotatable bonds is 6. The Kier molecular flexibility index (Phi) is 6.88. The summed E-state index contributed by atoms with van der Waals surface area (Å²) in [4.78, 5) is 26.2. The largest absolute Gasteiger partial charge is 0.473 e. The number of benzene rings is 1. The number of thiophene rings is 1. The third-order valence-electron chi connectivity index (χ3n) is 4.52. The molecule has 1 atom stereocenters. The maximum atomic E-state index is 13.5. The molecule has 3 aromatic rings. The number of aromatic nitrogens is 3. The normalized spacial score (nSPS) is 15.6.